The van der Waals surface area contributed by atoms with Crippen molar-refractivity contribution in [2.24, 2.45) is 0 Å². The van der Waals surface area contributed by atoms with E-state index in [1.807, 2.05) is 0 Å². The van der Waals surface area contributed by atoms with Crippen molar-refractivity contribution >= 4 is 28.9 Å². The van der Waals surface area contributed by atoms with Crippen molar-refractivity contribution < 1.29 is 9.53 Å². The normalized spacial score (nSPS) is 10.0. The first-order chi connectivity index (χ1) is 9.11. The van der Waals surface area contributed by atoms with Crippen molar-refractivity contribution in [2.45, 2.75) is 0 Å². The monoisotopic (exact) mass is 276 g/mol. The zero-order valence-electron chi connectivity index (χ0n) is 10.3. The molecule has 2 aromatic rings. The van der Waals surface area contributed by atoms with E-state index < -0.39 is 0 Å². The van der Waals surface area contributed by atoms with Crippen LogP contribution in [0, 0.1) is 0 Å². The van der Waals surface area contributed by atoms with Crippen LogP contribution in [-0.2, 0) is 0 Å². The summed E-state index contributed by atoms with van der Waals surface area (Å²) in [6.45, 7) is 0. The van der Waals surface area contributed by atoms with Gasteiger partial charge in [-0.05, 0) is 24.3 Å². The van der Waals surface area contributed by atoms with Gasteiger partial charge in [-0.1, -0.05) is 23.7 Å². The summed E-state index contributed by atoms with van der Waals surface area (Å²) < 4.78 is 5.17. The van der Waals surface area contributed by atoms with Crippen molar-refractivity contribution in [3.8, 4) is 5.75 Å². The van der Waals surface area contributed by atoms with E-state index in [0.29, 0.717) is 27.7 Å². The number of benzene rings is 2. The molecular weight excluding hydrogens is 264 g/mol. The molecule has 2 aromatic carbocycles. The Morgan fingerprint density at radius 2 is 2.00 bits per heavy atom. The molecule has 0 aromatic heterocycles. The fourth-order valence-electron chi connectivity index (χ4n) is 1.65. The number of carbonyl (C=O) groups excluding carboxylic acids is 1. The first-order valence-corrected chi connectivity index (χ1v) is 5.99. The molecule has 0 bridgehead atoms. The number of carbonyl (C=O) groups is 1. The van der Waals surface area contributed by atoms with Gasteiger partial charge in [0.2, 0.25) is 0 Å². The van der Waals surface area contributed by atoms with Crippen molar-refractivity contribution in [3.63, 3.8) is 0 Å². The molecule has 0 aliphatic carbocycles. The van der Waals surface area contributed by atoms with Crippen LogP contribution in [0.5, 0.6) is 5.75 Å². The first kappa shape index (κ1) is 13.2. The lowest BCUT2D eigenvalue weighted by atomic mass is 10.2. The lowest BCUT2D eigenvalue weighted by Gasteiger charge is -2.11. The van der Waals surface area contributed by atoms with E-state index in [1.54, 1.807) is 42.5 Å². The van der Waals surface area contributed by atoms with Crippen LogP contribution in [-0.4, -0.2) is 13.0 Å². The fraction of sp³-hybridized carbons (Fsp3) is 0.0714. The molecule has 98 valence electrons. The largest absolute Gasteiger partial charge is 0.494 e. The van der Waals surface area contributed by atoms with Gasteiger partial charge in [0.15, 0.2) is 0 Å². The van der Waals surface area contributed by atoms with E-state index in [-0.39, 0.29) is 5.91 Å². The minimum absolute atomic E-state index is 0.298. The molecule has 0 aliphatic rings. The van der Waals surface area contributed by atoms with Gasteiger partial charge in [-0.3, -0.25) is 4.79 Å². The summed E-state index contributed by atoms with van der Waals surface area (Å²) in [5.74, 6) is 0.203. The van der Waals surface area contributed by atoms with Crippen molar-refractivity contribution in [1.29, 1.82) is 0 Å². The molecule has 3 N–H and O–H groups in total. The van der Waals surface area contributed by atoms with E-state index in [4.69, 9.17) is 22.1 Å². The third-order valence-corrected chi connectivity index (χ3v) is 2.92. The second-order valence-corrected chi connectivity index (χ2v) is 4.30. The first-order valence-electron chi connectivity index (χ1n) is 5.61. The van der Waals surface area contributed by atoms with Crippen LogP contribution in [0.2, 0.25) is 5.02 Å². The zero-order chi connectivity index (χ0) is 13.8. The molecule has 0 radical (unpaired) electrons. The Hall–Kier alpha value is -2.20. The summed E-state index contributed by atoms with van der Waals surface area (Å²) in [6, 6.07) is 11.8. The summed E-state index contributed by atoms with van der Waals surface area (Å²) >= 11 is 5.97. The predicted molar refractivity (Wildman–Crippen MR) is 76.8 cm³/mol. The standard InChI is InChI=1S/C14H13ClN2O2/c1-19-13-8-9(16)6-7-12(13)17-14(18)10-4-2-3-5-11(10)15/h2-8H,16H2,1H3,(H,17,18). The van der Waals surface area contributed by atoms with Gasteiger partial charge in [-0.15, -0.1) is 0 Å². The second-order valence-electron chi connectivity index (χ2n) is 3.89. The maximum absolute atomic E-state index is 12.1. The Kier molecular flexibility index (Phi) is 3.92. The van der Waals surface area contributed by atoms with Crippen molar-refractivity contribution in [3.05, 3.63) is 53.1 Å². The molecule has 0 saturated heterocycles. The van der Waals surface area contributed by atoms with Crippen LogP contribution in [0.25, 0.3) is 0 Å². The van der Waals surface area contributed by atoms with Gasteiger partial charge in [-0.25, -0.2) is 0 Å². The highest BCUT2D eigenvalue weighted by Crippen LogP contribution is 2.27. The molecule has 2 rings (SSSR count). The zero-order valence-corrected chi connectivity index (χ0v) is 11.1. The number of anilines is 2. The molecule has 0 spiro atoms. The molecule has 0 fully saturated rings. The highest BCUT2D eigenvalue weighted by atomic mass is 35.5. The number of nitrogen functional groups attached to an aromatic ring is 1. The third kappa shape index (κ3) is 2.98. The number of amides is 1. The quantitative estimate of drug-likeness (QED) is 0.846. The summed E-state index contributed by atoms with van der Waals surface area (Å²) in [5, 5.41) is 3.14. The highest BCUT2D eigenvalue weighted by molar-refractivity contribution is 6.34. The molecule has 0 saturated carbocycles. The number of nitrogens with one attached hydrogen (secondary N) is 1. The maximum atomic E-state index is 12.1. The number of nitrogens with two attached hydrogens (primary N) is 1. The fourth-order valence-corrected chi connectivity index (χ4v) is 1.87. The van der Waals surface area contributed by atoms with Gasteiger partial charge in [-0.2, -0.15) is 0 Å². The van der Waals surface area contributed by atoms with Gasteiger partial charge < -0.3 is 15.8 Å². The van der Waals surface area contributed by atoms with Gasteiger partial charge in [0, 0.05) is 11.8 Å². The topological polar surface area (TPSA) is 64.3 Å². The number of ether oxygens (including phenoxy) is 1. The SMILES string of the molecule is COc1cc(N)ccc1NC(=O)c1ccccc1Cl. The molecule has 4 nitrogen and oxygen atoms in total. The van der Waals surface area contributed by atoms with E-state index in [1.165, 1.54) is 7.11 Å². The number of rotatable bonds is 3. The Morgan fingerprint density at radius 3 is 2.68 bits per heavy atom. The summed E-state index contributed by atoms with van der Waals surface area (Å²) in [6.07, 6.45) is 0. The number of methoxy groups -OCH3 is 1. The van der Waals surface area contributed by atoms with Gasteiger partial charge in [0.25, 0.3) is 5.91 Å². The van der Waals surface area contributed by atoms with Crippen LogP contribution in [0.1, 0.15) is 10.4 Å². The molecule has 5 heteroatoms. The van der Waals surface area contributed by atoms with Gasteiger partial charge in [0.05, 0.1) is 23.4 Å². The van der Waals surface area contributed by atoms with Crippen molar-refractivity contribution in [2.75, 3.05) is 18.2 Å². The minimum Gasteiger partial charge on any atom is -0.494 e. The lowest BCUT2D eigenvalue weighted by molar-refractivity contribution is 0.102. The minimum atomic E-state index is -0.298. The molecule has 0 atom stereocenters. The van der Waals surface area contributed by atoms with Gasteiger partial charge >= 0.3 is 0 Å². The maximum Gasteiger partial charge on any atom is 0.257 e. The highest BCUT2D eigenvalue weighted by Gasteiger charge is 2.12. The molecule has 0 aliphatic heterocycles. The third-order valence-electron chi connectivity index (χ3n) is 2.59. The van der Waals surface area contributed by atoms with Crippen LogP contribution < -0.4 is 15.8 Å². The molecule has 19 heavy (non-hydrogen) atoms. The Bertz CT molecular complexity index is 614. The summed E-state index contributed by atoms with van der Waals surface area (Å²) in [5.41, 5.74) is 7.17. The van der Waals surface area contributed by atoms with E-state index in [2.05, 4.69) is 5.32 Å². The Balaban J connectivity index is 2.27. The summed E-state index contributed by atoms with van der Waals surface area (Å²) in [4.78, 5) is 12.1. The van der Waals surface area contributed by atoms with E-state index >= 15 is 0 Å². The average Bonchev–Trinajstić information content (AvgIpc) is 2.41. The number of hydrogen-bond donors (Lipinski definition) is 2. The van der Waals surface area contributed by atoms with Crippen LogP contribution in [0.3, 0.4) is 0 Å². The average molecular weight is 277 g/mol. The van der Waals surface area contributed by atoms with Crippen LogP contribution >= 0.6 is 11.6 Å². The van der Waals surface area contributed by atoms with Gasteiger partial charge in [0.1, 0.15) is 5.75 Å². The summed E-state index contributed by atoms with van der Waals surface area (Å²) in [7, 11) is 1.51. The molecule has 0 unspecified atom stereocenters. The Labute approximate surface area is 116 Å². The molecule has 0 heterocycles. The Morgan fingerprint density at radius 1 is 1.26 bits per heavy atom. The number of halogens is 1. The van der Waals surface area contributed by atoms with E-state index in [0.717, 1.165) is 0 Å². The predicted octanol–water partition coefficient (Wildman–Crippen LogP) is 3.18. The van der Waals surface area contributed by atoms with Crippen molar-refractivity contribution in [1.82, 2.24) is 0 Å². The number of hydrogen-bond acceptors (Lipinski definition) is 3. The lowest BCUT2D eigenvalue weighted by Crippen LogP contribution is -2.13. The second kappa shape index (κ2) is 5.63. The van der Waals surface area contributed by atoms with Crippen LogP contribution in [0.15, 0.2) is 42.5 Å². The molecular formula is C14H13ClN2O2. The van der Waals surface area contributed by atoms with E-state index in [9.17, 15) is 4.79 Å². The van der Waals surface area contributed by atoms with Crippen LogP contribution in [0.4, 0.5) is 11.4 Å². The molecule has 1 amide bonds. The smallest absolute Gasteiger partial charge is 0.257 e.